The van der Waals surface area contributed by atoms with E-state index in [1.54, 1.807) is 10.9 Å². The van der Waals surface area contributed by atoms with Gasteiger partial charge in [0.05, 0.1) is 10.8 Å². The molecule has 0 aliphatic heterocycles. The number of thioether (sulfide) groups is 1. The Morgan fingerprint density at radius 3 is 2.71 bits per heavy atom. The minimum atomic E-state index is -2.97. The minimum Gasteiger partial charge on any atom is -0.433 e. The van der Waals surface area contributed by atoms with E-state index in [0.29, 0.717) is 10.8 Å². The van der Waals surface area contributed by atoms with Gasteiger partial charge in [0.2, 0.25) is 5.91 Å². The molecule has 10 heteroatoms. The number of hydrogen-bond donors (Lipinski definition) is 1. The lowest BCUT2D eigenvalue weighted by atomic mass is 10.2. The number of nitrogens with one attached hydrogen (secondary N) is 1. The molecule has 6 nitrogen and oxygen atoms in total. The number of hydrogen-bond acceptors (Lipinski definition) is 5. The van der Waals surface area contributed by atoms with Crippen molar-refractivity contribution in [2.75, 3.05) is 11.1 Å². The van der Waals surface area contributed by atoms with Crippen LogP contribution in [0, 0.1) is 6.92 Å². The third-order valence-electron chi connectivity index (χ3n) is 3.59. The standard InChI is InChI=1S/C18H15ClF2N4O2S/c1-11-2-5-13(6-3-11)25-10-22-24-18(25)28-9-16(26)23-12-4-7-15(14(19)8-12)27-17(20)21/h2-8,10,17H,9H2,1H3,(H,23,26). The number of carbonyl (C=O) groups is 1. The van der Waals surface area contributed by atoms with Crippen LogP contribution in [0.1, 0.15) is 5.56 Å². The van der Waals surface area contributed by atoms with Gasteiger partial charge in [-0.3, -0.25) is 9.36 Å². The Labute approximate surface area is 168 Å². The van der Waals surface area contributed by atoms with E-state index >= 15 is 0 Å². The number of amides is 1. The first-order valence-corrected chi connectivity index (χ1v) is 9.43. The van der Waals surface area contributed by atoms with Crippen LogP contribution in [0.25, 0.3) is 5.69 Å². The van der Waals surface area contributed by atoms with Gasteiger partial charge >= 0.3 is 6.61 Å². The van der Waals surface area contributed by atoms with Gasteiger partial charge in [0.15, 0.2) is 5.16 Å². The highest BCUT2D eigenvalue weighted by molar-refractivity contribution is 7.99. The van der Waals surface area contributed by atoms with Gasteiger partial charge in [0.25, 0.3) is 0 Å². The van der Waals surface area contributed by atoms with Crippen LogP contribution in [0.4, 0.5) is 14.5 Å². The topological polar surface area (TPSA) is 69.0 Å². The number of aryl methyl sites for hydroxylation is 1. The Kier molecular flexibility index (Phi) is 6.48. The molecule has 28 heavy (non-hydrogen) atoms. The molecular formula is C18H15ClF2N4O2S. The van der Waals surface area contributed by atoms with E-state index in [9.17, 15) is 13.6 Å². The molecule has 2 aromatic carbocycles. The average Bonchev–Trinajstić information content (AvgIpc) is 3.11. The monoisotopic (exact) mass is 424 g/mol. The first-order valence-electron chi connectivity index (χ1n) is 8.06. The summed E-state index contributed by atoms with van der Waals surface area (Å²) in [7, 11) is 0. The lowest BCUT2D eigenvalue weighted by Crippen LogP contribution is -2.14. The zero-order valence-electron chi connectivity index (χ0n) is 14.6. The van der Waals surface area contributed by atoms with Crippen molar-refractivity contribution in [3.05, 3.63) is 59.4 Å². The summed E-state index contributed by atoms with van der Waals surface area (Å²) in [6.07, 6.45) is 1.58. The van der Waals surface area contributed by atoms with Crippen molar-refractivity contribution >= 4 is 35.0 Å². The molecule has 3 rings (SSSR count). The van der Waals surface area contributed by atoms with Gasteiger partial charge in [-0.25, -0.2) is 0 Å². The minimum absolute atomic E-state index is 0.0233. The summed E-state index contributed by atoms with van der Waals surface area (Å²) in [6, 6.07) is 11.9. The quantitative estimate of drug-likeness (QED) is 0.563. The van der Waals surface area contributed by atoms with Crippen LogP contribution in [0.15, 0.2) is 53.9 Å². The number of aromatic nitrogens is 3. The van der Waals surface area contributed by atoms with Gasteiger partial charge in [-0.05, 0) is 37.3 Å². The van der Waals surface area contributed by atoms with Crippen LogP contribution in [0.2, 0.25) is 5.02 Å². The summed E-state index contributed by atoms with van der Waals surface area (Å²) in [5, 5.41) is 11.1. The predicted octanol–water partition coefficient (Wildman–Crippen LogP) is 4.56. The third-order valence-corrected chi connectivity index (χ3v) is 4.83. The van der Waals surface area contributed by atoms with Crippen molar-refractivity contribution < 1.29 is 18.3 Å². The number of alkyl halides is 2. The first kappa shape index (κ1) is 20.1. The van der Waals surface area contributed by atoms with Crippen molar-refractivity contribution in [1.29, 1.82) is 0 Å². The molecule has 1 amide bonds. The fraction of sp³-hybridized carbons (Fsp3) is 0.167. The van der Waals surface area contributed by atoms with E-state index in [1.165, 1.54) is 30.0 Å². The highest BCUT2D eigenvalue weighted by atomic mass is 35.5. The maximum Gasteiger partial charge on any atom is 0.387 e. The molecule has 0 aliphatic carbocycles. The normalized spacial score (nSPS) is 10.9. The van der Waals surface area contributed by atoms with E-state index in [4.69, 9.17) is 11.6 Å². The smallest absolute Gasteiger partial charge is 0.387 e. The van der Waals surface area contributed by atoms with Crippen molar-refractivity contribution in [1.82, 2.24) is 14.8 Å². The molecule has 0 saturated heterocycles. The second-order valence-electron chi connectivity index (χ2n) is 5.68. The van der Waals surface area contributed by atoms with E-state index in [-0.39, 0.29) is 22.4 Å². The first-order chi connectivity index (χ1) is 13.4. The molecule has 0 unspecified atom stereocenters. The average molecular weight is 425 g/mol. The second kappa shape index (κ2) is 9.03. The molecule has 0 radical (unpaired) electrons. The number of anilines is 1. The summed E-state index contributed by atoms with van der Waals surface area (Å²) >= 11 is 7.09. The fourth-order valence-corrected chi connectivity index (χ4v) is 3.26. The Morgan fingerprint density at radius 1 is 1.29 bits per heavy atom. The molecule has 0 atom stereocenters. The van der Waals surface area contributed by atoms with Crippen molar-refractivity contribution in [2.45, 2.75) is 18.7 Å². The molecule has 146 valence electrons. The summed E-state index contributed by atoms with van der Waals surface area (Å²) in [5.41, 5.74) is 2.39. The molecule has 1 heterocycles. The number of ether oxygens (including phenoxy) is 1. The lowest BCUT2D eigenvalue weighted by molar-refractivity contribution is -0.113. The van der Waals surface area contributed by atoms with Gasteiger partial charge in [-0.2, -0.15) is 8.78 Å². The maximum absolute atomic E-state index is 12.3. The van der Waals surface area contributed by atoms with Crippen LogP contribution in [-0.2, 0) is 4.79 Å². The van der Waals surface area contributed by atoms with Crippen LogP contribution in [0.5, 0.6) is 5.75 Å². The van der Waals surface area contributed by atoms with Gasteiger partial charge in [0.1, 0.15) is 12.1 Å². The lowest BCUT2D eigenvalue weighted by Gasteiger charge is -2.10. The number of rotatable bonds is 7. The number of nitrogens with zero attached hydrogens (tertiary/aromatic N) is 3. The number of benzene rings is 2. The Balaban J connectivity index is 1.60. The Morgan fingerprint density at radius 2 is 2.04 bits per heavy atom. The van der Waals surface area contributed by atoms with Gasteiger partial charge in [-0.1, -0.05) is 41.1 Å². The predicted molar refractivity (Wildman–Crippen MR) is 104 cm³/mol. The van der Waals surface area contributed by atoms with Gasteiger partial charge < -0.3 is 10.1 Å². The third kappa shape index (κ3) is 5.20. The van der Waals surface area contributed by atoms with Crippen LogP contribution in [0.3, 0.4) is 0 Å². The van der Waals surface area contributed by atoms with Crippen molar-refractivity contribution in [3.8, 4) is 11.4 Å². The molecule has 1 aromatic heterocycles. The van der Waals surface area contributed by atoms with Crippen LogP contribution in [-0.4, -0.2) is 33.0 Å². The van der Waals surface area contributed by atoms with E-state index in [1.807, 2.05) is 31.2 Å². The summed E-state index contributed by atoms with van der Waals surface area (Å²) in [4.78, 5) is 12.2. The van der Waals surface area contributed by atoms with Crippen molar-refractivity contribution in [2.24, 2.45) is 0 Å². The molecule has 0 aliphatic rings. The molecule has 1 N–H and O–H groups in total. The van der Waals surface area contributed by atoms with Gasteiger partial charge in [-0.15, -0.1) is 10.2 Å². The molecule has 0 bridgehead atoms. The fourth-order valence-electron chi connectivity index (χ4n) is 2.30. The summed E-state index contributed by atoms with van der Waals surface area (Å²) in [6.45, 7) is -0.978. The SMILES string of the molecule is Cc1ccc(-n2cnnc2SCC(=O)Nc2ccc(OC(F)F)c(Cl)c2)cc1. The Hall–Kier alpha value is -2.65. The zero-order valence-corrected chi connectivity index (χ0v) is 16.2. The highest BCUT2D eigenvalue weighted by Crippen LogP contribution is 2.29. The Bertz CT molecular complexity index is 966. The summed E-state index contributed by atoms with van der Waals surface area (Å²) in [5.74, 6) is -0.380. The number of halogens is 3. The molecule has 0 fully saturated rings. The molecule has 3 aromatic rings. The second-order valence-corrected chi connectivity index (χ2v) is 7.03. The van der Waals surface area contributed by atoms with Crippen molar-refractivity contribution in [3.63, 3.8) is 0 Å². The van der Waals surface area contributed by atoms with Crippen LogP contribution >= 0.6 is 23.4 Å². The largest absolute Gasteiger partial charge is 0.433 e. The van der Waals surface area contributed by atoms with E-state index < -0.39 is 6.61 Å². The maximum atomic E-state index is 12.3. The molecule has 0 spiro atoms. The highest BCUT2D eigenvalue weighted by Gasteiger charge is 2.12. The molecule has 0 saturated carbocycles. The zero-order chi connectivity index (χ0) is 20.1. The van der Waals surface area contributed by atoms with Crippen LogP contribution < -0.4 is 10.1 Å². The molecular weight excluding hydrogens is 410 g/mol. The summed E-state index contributed by atoms with van der Waals surface area (Å²) < 4.78 is 30.6. The van der Waals surface area contributed by atoms with E-state index in [2.05, 4.69) is 20.3 Å². The van der Waals surface area contributed by atoms with E-state index in [0.717, 1.165) is 11.3 Å². The number of carbonyl (C=O) groups excluding carboxylic acids is 1. The van der Waals surface area contributed by atoms with Gasteiger partial charge in [0, 0.05) is 11.4 Å².